The number of fused-ring (bicyclic) bond motifs is 1. The van der Waals surface area contributed by atoms with Crippen molar-refractivity contribution in [1.82, 2.24) is 0 Å². The third kappa shape index (κ3) is 5.52. The predicted octanol–water partition coefficient (Wildman–Crippen LogP) is -0.304. The summed E-state index contributed by atoms with van der Waals surface area (Å²) in [6, 6.07) is 0. The van der Waals surface area contributed by atoms with Crippen molar-refractivity contribution in [3.05, 3.63) is 16.0 Å². The fourth-order valence-electron chi connectivity index (χ4n) is 3.06. The molecular formula is C18H31N3O3S+2. The molecule has 1 aromatic rings. The van der Waals surface area contributed by atoms with Gasteiger partial charge in [0.15, 0.2) is 6.54 Å². The third-order valence-corrected chi connectivity index (χ3v) is 5.59. The van der Waals surface area contributed by atoms with Crippen LogP contribution in [0.15, 0.2) is 0 Å². The van der Waals surface area contributed by atoms with Gasteiger partial charge in [-0.3, -0.25) is 4.79 Å². The van der Waals surface area contributed by atoms with Gasteiger partial charge in [-0.1, -0.05) is 6.92 Å². The van der Waals surface area contributed by atoms with Crippen molar-refractivity contribution >= 4 is 28.2 Å². The van der Waals surface area contributed by atoms with Gasteiger partial charge < -0.3 is 20.3 Å². The van der Waals surface area contributed by atoms with Crippen LogP contribution in [0.4, 0.5) is 5.00 Å². The zero-order valence-corrected chi connectivity index (χ0v) is 16.6. The number of rotatable bonds is 8. The Morgan fingerprint density at radius 1 is 1.40 bits per heavy atom. The highest BCUT2D eigenvalue weighted by atomic mass is 32.1. The highest BCUT2D eigenvalue weighted by Gasteiger charge is 2.29. The maximum atomic E-state index is 12.4. The summed E-state index contributed by atoms with van der Waals surface area (Å²) in [6.45, 7) is 6.65. The van der Waals surface area contributed by atoms with Gasteiger partial charge in [-0.2, -0.15) is 0 Å². The Hall–Kier alpha value is -1.44. The largest absolute Gasteiger partial charge is 0.462 e. The minimum atomic E-state index is -0.315. The molecule has 1 amide bonds. The zero-order chi connectivity index (χ0) is 18.4. The van der Waals surface area contributed by atoms with Crippen molar-refractivity contribution in [3.63, 3.8) is 0 Å². The van der Waals surface area contributed by atoms with Crippen LogP contribution in [0.1, 0.15) is 41.1 Å². The first-order valence-electron chi connectivity index (χ1n) is 9.14. The molecule has 0 aliphatic heterocycles. The van der Waals surface area contributed by atoms with Crippen molar-refractivity contribution in [2.75, 3.05) is 45.7 Å². The van der Waals surface area contributed by atoms with Gasteiger partial charge in [0.1, 0.15) is 18.1 Å². The maximum absolute atomic E-state index is 12.4. The number of amides is 1. The lowest BCUT2D eigenvalue weighted by molar-refractivity contribution is -0.873. The van der Waals surface area contributed by atoms with Gasteiger partial charge in [0.05, 0.1) is 26.3 Å². The minimum absolute atomic E-state index is 0.0639. The van der Waals surface area contributed by atoms with Crippen LogP contribution in [0.25, 0.3) is 0 Å². The number of esters is 1. The number of nitrogens with two attached hydrogens (primary N) is 1. The van der Waals surface area contributed by atoms with Crippen LogP contribution < -0.4 is 15.5 Å². The molecule has 25 heavy (non-hydrogen) atoms. The summed E-state index contributed by atoms with van der Waals surface area (Å²) in [7, 11) is 4.19. The van der Waals surface area contributed by atoms with Crippen molar-refractivity contribution in [2.45, 2.75) is 33.1 Å². The molecule has 0 unspecified atom stereocenters. The first-order valence-corrected chi connectivity index (χ1v) is 9.96. The Kier molecular flexibility index (Phi) is 7.40. The zero-order valence-electron chi connectivity index (χ0n) is 15.7. The Bertz CT molecular complexity index is 613. The Morgan fingerprint density at radius 3 is 2.84 bits per heavy atom. The van der Waals surface area contributed by atoms with Crippen LogP contribution in [0, 0.1) is 5.92 Å². The summed E-state index contributed by atoms with van der Waals surface area (Å²) in [6.07, 6.45) is 2.93. The molecule has 0 spiro atoms. The second-order valence-electron chi connectivity index (χ2n) is 7.06. The average molecular weight is 370 g/mol. The molecule has 7 heteroatoms. The van der Waals surface area contributed by atoms with E-state index in [4.69, 9.17) is 4.74 Å². The van der Waals surface area contributed by atoms with Gasteiger partial charge in [-0.15, -0.1) is 11.3 Å². The fourth-order valence-corrected chi connectivity index (χ4v) is 4.47. The highest BCUT2D eigenvalue weighted by Crippen LogP contribution is 2.39. The van der Waals surface area contributed by atoms with Crippen molar-refractivity contribution in [2.24, 2.45) is 5.92 Å². The van der Waals surface area contributed by atoms with Gasteiger partial charge in [0.2, 0.25) is 0 Å². The standard InChI is InChI=1S/C18H29N3O3S/c1-5-24-18(23)16-13-7-6-12(2)10-14(13)25-17(16)20-15(22)11-19-8-9-21(3)4/h12,19H,5-11H2,1-4H3,(H,20,22)/p+2/t12-/m1/s1. The lowest BCUT2D eigenvalue weighted by atomic mass is 9.88. The van der Waals surface area contributed by atoms with Crippen LogP contribution in [0.2, 0.25) is 0 Å². The molecule has 0 radical (unpaired) electrons. The molecule has 1 aliphatic carbocycles. The van der Waals surface area contributed by atoms with Crippen molar-refractivity contribution in [3.8, 4) is 0 Å². The van der Waals surface area contributed by atoms with Crippen LogP contribution in [-0.4, -0.2) is 52.2 Å². The first-order chi connectivity index (χ1) is 11.9. The minimum Gasteiger partial charge on any atom is -0.462 e. The molecule has 0 fully saturated rings. The Morgan fingerprint density at radius 2 is 2.16 bits per heavy atom. The third-order valence-electron chi connectivity index (χ3n) is 4.42. The second-order valence-corrected chi connectivity index (χ2v) is 8.17. The lowest BCUT2D eigenvalue weighted by Crippen LogP contribution is -3.09. The molecule has 4 N–H and O–H groups in total. The van der Waals surface area contributed by atoms with E-state index in [9.17, 15) is 9.59 Å². The molecule has 0 saturated carbocycles. The smallest absolute Gasteiger partial charge is 0.341 e. The average Bonchev–Trinajstić information content (AvgIpc) is 2.88. The van der Waals surface area contributed by atoms with E-state index in [1.807, 2.05) is 5.32 Å². The molecule has 0 bridgehead atoms. The summed E-state index contributed by atoms with van der Waals surface area (Å²) in [5.41, 5.74) is 1.66. The number of carbonyl (C=O) groups is 2. The number of hydrogen-bond donors (Lipinski definition) is 3. The molecule has 1 aromatic heterocycles. The molecule has 6 nitrogen and oxygen atoms in total. The monoisotopic (exact) mass is 369 g/mol. The van der Waals surface area contributed by atoms with E-state index in [-0.39, 0.29) is 11.9 Å². The van der Waals surface area contributed by atoms with Gasteiger partial charge in [0, 0.05) is 4.88 Å². The molecular weight excluding hydrogens is 338 g/mol. The number of thiophene rings is 1. The molecule has 1 heterocycles. The van der Waals surface area contributed by atoms with E-state index >= 15 is 0 Å². The predicted molar refractivity (Wildman–Crippen MR) is 99.4 cm³/mol. The topological polar surface area (TPSA) is 76.4 Å². The van der Waals surface area contributed by atoms with E-state index in [1.165, 1.54) is 9.78 Å². The molecule has 140 valence electrons. The van der Waals surface area contributed by atoms with Gasteiger partial charge in [-0.05, 0) is 37.7 Å². The Labute approximate surface area is 153 Å². The quantitative estimate of drug-likeness (QED) is 0.435. The Balaban J connectivity index is 2.08. The van der Waals surface area contributed by atoms with Crippen molar-refractivity contribution < 1.29 is 24.5 Å². The summed E-state index contributed by atoms with van der Waals surface area (Å²) < 4.78 is 5.23. The summed E-state index contributed by atoms with van der Waals surface area (Å²) in [4.78, 5) is 27.3. The van der Waals surface area contributed by atoms with Crippen LogP contribution in [-0.2, 0) is 22.4 Å². The van der Waals surface area contributed by atoms with E-state index < -0.39 is 0 Å². The fraction of sp³-hybridized carbons (Fsp3) is 0.667. The van der Waals surface area contributed by atoms with Crippen molar-refractivity contribution in [1.29, 1.82) is 0 Å². The van der Waals surface area contributed by atoms with Crippen LogP contribution >= 0.6 is 11.3 Å². The second kappa shape index (κ2) is 9.31. The molecule has 1 aliphatic rings. The number of anilines is 1. The lowest BCUT2D eigenvalue weighted by Gasteiger charge is -2.18. The van der Waals surface area contributed by atoms with Gasteiger partial charge >= 0.3 is 5.97 Å². The highest BCUT2D eigenvalue weighted by molar-refractivity contribution is 7.17. The number of nitrogens with one attached hydrogen (secondary N) is 2. The normalized spacial score (nSPS) is 16.6. The molecule has 1 atom stereocenters. The number of hydrogen-bond acceptors (Lipinski definition) is 4. The number of ether oxygens (including phenoxy) is 1. The van der Waals surface area contributed by atoms with Gasteiger partial charge in [-0.25, -0.2) is 4.79 Å². The summed E-state index contributed by atoms with van der Waals surface area (Å²) in [5.74, 6) is 0.239. The summed E-state index contributed by atoms with van der Waals surface area (Å²) >= 11 is 1.54. The maximum Gasteiger partial charge on any atom is 0.341 e. The van der Waals surface area contributed by atoms with Gasteiger partial charge in [0.25, 0.3) is 5.91 Å². The van der Waals surface area contributed by atoms with E-state index in [2.05, 4.69) is 26.3 Å². The molecule has 0 saturated heterocycles. The molecule has 0 aromatic carbocycles. The SMILES string of the molecule is CCOC(=O)c1c(NC(=O)C[NH2+]CC[NH+](C)C)sc2c1CC[C@@H](C)C2. The number of quaternary nitrogens is 2. The first kappa shape index (κ1) is 19.9. The summed E-state index contributed by atoms with van der Waals surface area (Å²) in [5, 5.41) is 5.61. The number of likely N-dealkylation sites (N-methyl/N-ethyl adjacent to an activating group) is 1. The van der Waals surface area contributed by atoms with E-state index in [0.29, 0.717) is 29.6 Å². The number of carbonyl (C=O) groups excluding carboxylic acids is 2. The van der Waals surface area contributed by atoms with E-state index in [0.717, 1.165) is 37.9 Å². The van der Waals surface area contributed by atoms with Crippen LogP contribution in [0.3, 0.4) is 0 Å². The van der Waals surface area contributed by atoms with E-state index in [1.54, 1.807) is 18.3 Å². The van der Waals surface area contributed by atoms with Crippen LogP contribution in [0.5, 0.6) is 0 Å². The molecule has 2 rings (SSSR count).